The van der Waals surface area contributed by atoms with Crippen molar-refractivity contribution in [3.05, 3.63) is 11.1 Å². The third-order valence-electron chi connectivity index (χ3n) is 1.98. The molecule has 1 rings (SSSR count). The fourth-order valence-corrected chi connectivity index (χ4v) is 1.88. The van der Waals surface area contributed by atoms with Gasteiger partial charge in [0.1, 0.15) is 6.04 Å². The zero-order chi connectivity index (χ0) is 12.8. The van der Waals surface area contributed by atoms with Crippen LogP contribution in [0.3, 0.4) is 0 Å². The van der Waals surface area contributed by atoms with Crippen LogP contribution in [0, 0.1) is 0 Å². The maximum atomic E-state index is 11.5. The molecule has 7 heteroatoms. The Morgan fingerprint density at radius 1 is 1.59 bits per heavy atom. The molecule has 1 atom stereocenters. The molecule has 0 aliphatic heterocycles. The van der Waals surface area contributed by atoms with Crippen LogP contribution in [0.5, 0.6) is 0 Å². The number of carbonyl (C=O) groups is 2. The molecule has 17 heavy (non-hydrogen) atoms. The van der Waals surface area contributed by atoms with Crippen molar-refractivity contribution in [1.82, 2.24) is 10.3 Å². The summed E-state index contributed by atoms with van der Waals surface area (Å²) in [6.45, 7) is 4.16. The van der Waals surface area contributed by atoms with Gasteiger partial charge in [0.25, 0.3) is 0 Å². The van der Waals surface area contributed by atoms with E-state index >= 15 is 0 Å². The topological polar surface area (TPSA) is 80.3 Å². The van der Waals surface area contributed by atoms with Crippen LogP contribution in [0.4, 0.5) is 5.13 Å². The molecule has 1 unspecified atom stereocenters. The molecule has 0 spiro atoms. The Kier molecular flexibility index (Phi) is 4.89. The van der Waals surface area contributed by atoms with Crippen molar-refractivity contribution in [2.24, 2.45) is 0 Å². The van der Waals surface area contributed by atoms with E-state index in [0.29, 0.717) is 11.7 Å². The summed E-state index contributed by atoms with van der Waals surface area (Å²) < 4.78 is 4.54. The molecule has 94 valence electrons. The molecule has 0 saturated heterocycles. The molecule has 0 fully saturated rings. The lowest BCUT2D eigenvalue weighted by Gasteiger charge is -2.11. The van der Waals surface area contributed by atoms with Gasteiger partial charge in [-0.3, -0.25) is 4.79 Å². The summed E-state index contributed by atoms with van der Waals surface area (Å²) in [7, 11) is 1.30. The third-order valence-corrected chi connectivity index (χ3v) is 2.76. The highest BCUT2D eigenvalue weighted by Gasteiger charge is 2.15. The Morgan fingerprint density at radius 2 is 2.29 bits per heavy atom. The average Bonchev–Trinajstić information content (AvgIpc) is 2.76. The van der Waals surface area contributed by atoms with Gasteiger partial charge in [0.15, 0.2) is 10.8 Å². The van der Waals surface area contributed by atoms with Crippen molar-refractivity contribution in [1.29, 1.82) is 0 Å². The Bertz CT molecular complexity index is 405. The predicted octanol–water partition coefficient (Wildman–Crippen LogP) is 0.866. The second-order valence-corrected chi connectivity index (χ2v) is 4.15. The fraction of sp³-hybridized carbons (Fsp3) is 0.500. The molecule has 0 radical (unpaired) electrons. The van der Waals surface area contributed by atoms with Gasteiger partial charge in [-0.25, -0.2) is 9.78 Å². The molecule has 0 aromatic carbocycles. The van der Waals surface area contributed by atoms with Crippen molar-refractivity contribution in [3.8, 4) is 0 Å². The highest BCUT2D eigenvalue weighted by Crippen LogP contribution is 2.16. The fourth-order valence-electron chi connectivity index (χ4n) is 1.12. The minimum Gasteiger partial charge on any atom is -0.464 e. The summed E-state index contributed by atoms with van der Waals surface area (Å²) >= 11 is 1.25. The molecule has 0 saturated carbocycles. The van der Waals surface area contributed by atoms with Crippen molar-refractivity contribution in [2.75, 3.05) is 19.0 Å². The normalized spacial score (nSPS) is 11.7. The van der Waals surface area contributed by atoms with Gasteiger partial charge in [0.05, 0.1) is 7.11 Å². The van der Waals surface area contributed by atoms with Crippen LogP contribution in [0.25, 0.3) is 0 Å². The minimum atomic E-state index is -0.486. The largest absolute Gasteiger partial charge is 0.464 e. The molecule has 1 amide bonds. The van der Waals surface area contributed by atoms with Crippen molar-refractivity contribution in [2.45, 2.75) is 19.9 Å². The number of hydrogen-bond acceptors (Lipinski definition) is 6. The Labute approximate surface area is 103 Å². The zero-order valence-electron chi connectivity index (χ0n) is 9.94. The van der Waals surface area contributed by atoms with Gasteiger partial charge in [0.2, 0.25) is 5.91 Å². The van der Waals surface area contributed by atoms with Gasteiger partial charge < -0.3 is 15.4 Å². The summed E-state index contributed by atoms with van der Waals surface area (Å²) in [5, 5.41) is 7.70. The molecule has 1 heterocycles. The third kappa shape index (κ3) is 3.70. The number of amides is 1. The average molecular weight is 257 g/mol. The summed E-state index contributed by atoms with van der Waals surface area (Å²) in [5.41, 5.74) is 0.239. The molecular weight excluding hydrogens is 242 g/mol. The van der Waals surface area contributed by atoms with E-state index in [1.165, 1.54) is 18.4 Å². The first-order chi connectivity index (χ1) is 8.08. The van der Waals surface area contributed by atoms with Crippen molar-refractivity contribution in [3.63, 3.8) is 0 Å². The number of likely N-dealkylation sites (N-methyl/N-ethyl adjacent to an activating group) is 1. The van der Waals surface area contributed by atoms with Gasteiger partial charge in [0, 0.05) is 11.9 Å². The molecule has 1 aromatic heterocycles. The van der Waals surface area contributed by atoms with Gasteiger partial charge in [-0.1, -0.05) is 0 Å². The molecular formula is C10H15N3O3S. The van der Waals surface area contributed by atoms with E-state index in [1.807, 2.05) is 6.92 Å². The molecule has 0 aliphatic carbocycles. The number of anilines is 1. The quantitative estimate of drug-likeness (QED) is 0.765. The van der Waals surface area contributed by atoms with Crippen LogP contribution in [0.15, 0.2) is 5.38 Å². The van der Waals surface area contributed by atoms with E-state index in [0.717, 1.165) is 0 Å². The number of thiazole rings is 1. The lowest BCUT2D eigenvalue weighted by molar-refractivity contribution is -0.121. The monoisotopic (exact) mass is 257 g/mol. The van der Waals surface area contributed by atoms with Crippen LogP contribution >= 0.6 is 11.3 Å². The van der Waals surface area contributed by atoms with Crippen LogP contribution in [-0.4, -0.2) is 36.6 Å². The van der Waals surface area contributed by atoms with Crippen LogP contribution < -0.4 is 10.6 Å². The van der Waals surface area contributed by atoms with E-state index in [2.05, 4.69) is 20.4 Å². The summed E-state index contributed by atoms with van der Waals surface area (Å²) in [5.74, 6) is -0.595. The van der Waals surface area contributed by atoms with Gasteiger partial charge >= 0.3 is 5.97 Å². The SMILES string of the molecule is CCNC(=O)C(C)Nc1nc(C(=O)OC)cs1. The summed E-state index contributed by atoms with van der Waals surface area (Å²) in [4.78, 5) is 26.6. The van der Waals surface area contributed by atoms with E-state index < -0.39 is 12.0 Å². The first kappa shape index (κ1) is 13.4. The summed E-state index contributed by atoms with van der Waals surface area (Å²) in [6.07, 6.45) is 0. The first-order valence-electron chi connectivity index (χ1n) is 5.16. The minimum absolute atomic E-state index is 0.109. The van der Waals surface area contributed by atoms with E-state index in [1.54, 1.807) is 12.3 Å². The highest BCUT2D eigenvalue weighted by molar-refractivity contribution is 7.13. The number of ether oxygens (including phenoxy) is 1. The summed E-state index contributed by atoms with van der Waals surface area (Å²) in [6, 6.07) is -0.397. The number of carbonyl (C=O) groups excluding carboxylic acids is 2. The predicted molar refractivity (Wildman–Crippen MR) is 65.2 cm³/mol. The van der Waals surface area contributed by atoms with E-state index in [9.17, 15) is 9.59 Å². The number of esters is 1. The van der Waals surface area contributed by atoms with Gasteiger partial charge in [-0.05, 0) is 13.8 Å². The van der Waals surface area contributed by atoms with Crippen LogP contribution in [-0.2, 0) is 9.53 Å². The second kappa shape index (κ2) is 6.19. The Balaban J connectivity index is 2.60. The number of aromatic nitrogens is 1. The molecule has 2 N–H and O–H groups in total. The smallest absolute Gasteiger partial charge is 0.357 e. The van der Waals surface area contributed by atoms with Gasteiger partial charge in [-0.15, -0.1) is 11.3 Å². The maximum absolute atomic E-state index is 11.5. The van der Waals surface area contributed by atoms with Crippen molar-refractivity contribution < 1.29 is 14.3 Å². The second-order valence-electron chi connectivity index (χ2n) is 3.29. The standard InChI is InChI=1S/C10H15N3O3S/c1-4-11-8(14)6(2)12-10-13-7(5-17-10)9(15)16-3/h5-6H,4H2,1-3H3,(H,11,14)(H,12,13). The Hall–Kier alpha value is -1.63. The number of methoxy groups -OCH3 is 1. The first-order valence-corrected chi connectivity index (χ1v) is 6.04. The molecule has 6 nitrogen and oxygen atoms in total. The van der Waals surface area contributed by atoms with E-state index in [4.69, 9.17) is 0 Å². The van der Waals surface area contributed by atoms with Crippen LogP contribution in [0.1, 0.15) is 24.3 Å². The molecule has 1 aromatic rings. The number of hydrogen-bond donors (Lipinski definition) is 2. The lowest BCUT2D eigenvalue weighted by Crippen LogP contribution is -2.37. The molecule has 0 bridgehead atoms. The van der Waals surface area contributed by atoms with E-state index in [-0.39, 0.29) is 11.6 Å². The zero-order valence-corrected chi connectivity index (χ0v) is 10.8. The molecule has 0 aliphatic rings. The number of rotatable bonds is 5. The highest BCUT2D eigenvalue weighted by atomic mass is 32.1. The maximum Gasteiger partial charge on any atom is 0.357 e. The lowest BCUT2D eigenvalue weighted by atomic mass is 10.3. The van der Waals surface area contributed by atoms with Crippen LogP contribution in [0.2, 0.25) is 0 Å². The Morgan fingerprint density at radius 3 is 2.88 bits per heavy atom. The van der Waals surface area contributed by atoms with Gasteiger partial charge in [-0.2, -0.15) is 0 Å². The van der Waals surface area contributed by atoms with Crippen molar-refractivity contribution >= 4 is 28.3 Å². The number of nitrogens with zero attached hydrogens (tertiary/aromatic N) is 1. The number of nitrogens with one attached hydrogen (secondary N) is 2.